The summed E-state index contributed by atoms with van der Waals surface area (Å²) in [5.41, 5.74) is 0.999. The van der Waals surface area contributed by atoms with E-state index < -0.39 is 26.1 Å². The fourth-order valence-electron chi connectivity index (χ4n) is 3.20. The number of nitrogens with one attached hydrogen (secondary N) is 1. The Labute approximate surface area is 162 Å². The van der Waals surface area contributed by atoms with Crippen LogP contribution < -0.4 is 15.8 Å². The lowest BCUT2D eigenvalue weighted by molar-refractivity contribution is -0.0229. The summed E-state index contributed by atoms with van der Waals surface area (Å²) in [4.78, 5) is 25.9. The van der Waals surface area contributed by atoms with Crippen molar-refractivity contribution in [3.05, 3.63) is 61.9 Å². The van der Waals surface area contributed by atoms with Gasteiger partial charge in [0.05, 0.1) is 19.3 Å². The number of hydrogen-bond donors (Lipinski definition) is 1. The number of aryl methyl sites for hydroxylation is 1. The van der Waals surface area contributed by atoms with E-state index in [2.05, 4.69) is 10.9 Å². The quantitative estimate of drug-likeness (QED) is 0.624. The molecule has 0 radical (unpaired) electrons. The minimum absolute atomic E-state index is 0.0874. The third-order valence-electron chi connectivity index (χ3n) is 4.67. The lowest BCUT2D eigenvalue weighted by atomic mass is 10.1. The monoisotopic (exact) mass is 402 g/mol. The van der Waals surface area contributed by atoms with Crippen LogP contribution in [0.25, 0.3) is 0 Å². The van der Waals surface area contributed by atoms with Crippen LogP contribution >= 0.6 is 8.60 Å². The molecule has 1 N–H and O–H groups in total. The second-order valence-corrected chi connectivity index (χ2v) is 7.74. The van der Waals surface area contributed by atoms with Crippen molar-refractivity contribution in [1.82, 2.24) is 9.55 Å². The van der Waals surface area contributed by atoms with E-state index in [0.717, 1.165) is 16.9 Å². The molecule has 3 unspecified atom stereocenters. The molecule has 1 aromatic heterocycles. The molecular weight excluding hydrogens is 383 g/mol. The lowest BCUT2D eigenvalue weighted by Crippen LogP contribution is -2.33. The molecule has 0 bridgehead atoms. The van der Waals surface area contributed by atoms with E-state index in [1.165, 1.54) is 10.8 Å². The molecule has 8 nitrogen and oxygen atoms in total. The van der Waals surface area contributed by atoms with Crippen molar-refractivity contribution < 1.29 is 18.3 Å². The first-order valence-corrected chi connectivity index (χ1v) is 9.94. The van der Waals surface area contributed by atoms with Gasteiger partial charge in [0.2, 0.25) is 0 Å². The smallest absolute Gasteiger partial charge is 0.397 e. The number of aromatic amines is 1. The molecule has 3 heterocycles. The summed E-state index contributed by atoms with van der Waals surface area (Å²) in [6.07, 6.45) is 7.23. The number of rotatable bonds is 4. The summed E-state index contributed by atoms with van der Waals surface area (Å²) in [7, 11) is -1.50. The van der Waals surface area contributed by atoms with Crippen LogP contribution in [-0.2, 0) is 20.4 Å². The van der Waals surface area contributed by atoms with Gasteiger partial charge in [-0.15, -0.1) is 6.42 Å². The van der Waals surface area contributed by atoms with E-state index in [1.54, 1.807) is 0 Å². The van der Waals surface area contributed by atoms with E-state index in [-0.39, 0.29) is 18.3 Å². The number of hydrogen-bond acceptors (Lipinski definition) is 6. The second-order valence-electron chi connectivity index (χ2n) is 6.59. The third-order valence-corrected chi connectivity index (χ3v) is 5.70. The molecule has 28 heavy (non-hydrogen) atoms. The van der Waals surface area contributed by atoms with Crippen molar-refractivity contribution in [2.24, 2.45) is 0 Å². The van der Waals surface area contributed by atoms with Crippen molar-refractivity contribution in [1.29, 1.82) is 0 Å². The highest BCUT2D eigenvalue weighted by atomic mass is 31.2. The Morgan fingerprint density at radius 2 is 2.25 bits per heavy atom. The first-order valence-electron chi connectivity index (χ1n) is 8.85. The van der Waals surface area contributed by atoms with Crippen LogP contribution in [0.1, 0.15) is 35.8 Å². The zero-order valence-corrected chi connectivity index (χ0v) is 16.1. The maximum atomic E-state index is 12.0. The van der Waals surface area contributed by atoms with Crippen LogP contribution in [0.3, 0.4) is 0 Å². The van der Waals surface area contributed by atoms with Gasteiger partial charge < -0.3 is 9.26 Å². The Kier molecular flexibility index (Phi) is 5.33. The van der Waals surface area contributed by atoms with Crippen molar-refractivity contribution >= 4 is 8.60 Å². The van der Waals surface area contributed by atoms with Gasteiger partial charge in [0, 0.05) is 11.8 Å². The molecular formula is C19H19N2O6P. The number of para-hydroxylation sites is 1. The molecule has 0 saturated carbocycles. The molecule has 0 aliphatic carbocycles. The molecule has 1 aromatic carbocycles. The summed E-state index contributed by atoms with van der Waals surface area (Å²) < 4.78 is 24.5. The van der Waals surface area contributed by atoms with Gasteiger partial charge in [-0.3, -0.25) is 23.4 Å². The van der Waals surface area contributed by atoms with Crippen molar-refractivity contribution in [3.8, 4) is 18.1 Å². The molecule has 1 saturated heterocycles. The van der Waals surface area contributed by atoms with Crippen molar-refractivity contribution in [3.63, 3.8) is 0 Å². The predicted octanol–water partition coefficient (Wildman–Crippen LogP) is 2.36. The summed E-state index contributed by atoms with van der Waals surface area (Å²) in [6, 6.07) is 5.91. The molecule has 2 aliphatic rings. The van der Waals surface area contributed by atoms with Gasteiger partial charge in [-0.1, -0.05) is 24.1 Å². The molecule has 1 fully saturated rings. The Balaban J connectivity index is 1.36. The highest BCUT2D eigenvalue weighted by Gasteiger charge is 2.31. The zero-order valence-electron chi connectivity index (χ0n) is 15.2. The van der Waals surface area contributed by atoms with Crippen LogP contribution in [0.4, 0.5) is 0 Å². The molecule has 0 amide bonds. The number of fused-ring (bicyclic) bond motifs is 1. The number of H-pyrrole nitrogens is 1. The minimum Gasteiger partial charge on any atom is -0.426 e. The van der Waals surface area contributed by atoms with E-state index in [4.69, 9.17) is 24.7 Å². The Morgan fingerprint density at radius 1 is 1.39 bits per heavy atom. The summed E-state index contributed by atoms with van der Waals surface area (Å²) in [5.74, 6) is 3.08. The number of terminal acetylenes is 1. The number of nitrogens with zero attached hydrogens (tertiary/aromatic N) is 1. The fraction of sp³-hybridized carbons (Fsp3) is 0.368. The van der Waals surface area contributed by atoms with E-state index >= 15 is 0 Å². The van der Waals surface area contributed by atoms with Crippen LogP contribution in [0.2, 0.25) is 0 Å². The Hall–Kier alpha value is -2.43. The standard InChI is InChI=1S/C19H19N2O6P/c1-3-13-9-21(19(23)20-18(13)22)16-8-7-15(26-16)11-25-28-24-10-14-6-4-5-12(2)17(14)27-28/h1,4-6,9,15-16H,7-8,10-11H2,2H3,(H,20,22,23). The van der Waals surface area contributed by atoms with Gasteiger partial charge in [-0.25, -0.2) is 4.79 Å². The van der Waals surface area contributed by atoms with Gasteiger partial charge in [-0.05, 0) is 25.3 Å². The minimum atomic E-state index is -1.50. The largest absolute Gasteiger partial charge is 0.426 e. The molecule has 146 valence electrons. The van der Waals surface area contributed by atoms with Crippen LogP contribution in [0.15, 0.2) is 34.0 Å². The normalized spacial score (nSPS) is 23.6. The van der Waals surface area contributed by atoms with Crippen LogP contribution in [0, 0.1) is 19.3 Å². The second kappa shape index (κ2) is 7.90. The van der Waals surface area contributed by atoms with Crippen molar-refractivity contribution in [2.75, 3.05) is 6.61 Å². The van der Waals surface area contributed by atoms with Gasteiger partial charge >= 0.3 is 14.3 Å². The first-order chi connectivity index (χ1) is 13.5. The highest BCUT2D eigenvalue weighted by molar-refractivity contribution is 7.42. The molecule has 9 heteroatoms. The average Bonchev–Trinajstić information content (AvgIpc) is 3.16. The molecule has 3 atom stereocenters. The van der Waals surface area contributed by atoms with Crippen LogP contribution in [-0.4, -0.2) is 22.3 Å². The number of benzene rings is 1. The maximum Gasteiger partial charge on any atom is 0.397 e. The number of ether oxygens (including phenoxy) is 1. The molecule has 0 spiro atoms. The fourth-order valence-corrected chi connectivity index (χ4v) is 4.33. The molecule has 4 rings (SSSR count). The molecule has 2 aliphatic heterocycles. The zero-order chi connectivity index (χ0) is 19.7. The van der Waals surface area contributed by atoms with E-state index in [0.29, 0.717) is 19.4 Å². The summed E-state index contributed by atoms with van der Waals surface area (Å²) in [6.45, 7) is 2.71. The predicted molar refractivity (Wildman–Crippen MR) is 102 cm³/mol. The van der Waals surface area contributed by atoms with Gasteiger partial charge in [0.25, 0.3) is 5.56 Å². The summed E-state index contributed by atoms with van der Waals surface area (Å²) in [5, 5.41) is 0. The third kappa shape index (κ3) is 3.75. The van der Waals surface area contributed by atoms with Gasteiger partial charge in [-0.2, -0.15) is 0 Å². The SMILES string of the molecule is C#Cc1cn(C2CCC(COP3OCc4cccc(C)c4O3)O2)c(=O)[nH]c1=O. The summed E-state index contributed by atoms with van der Waals surface area (Å²) >= 11 is 0. The first kappa shape index (κ1) is 18.9. The lowest BCUT2D eigenvalue weighted by Gasteiger charge is -2.26. The van der Waals surface area contributed by atoms with Gasteiger partial charge in [0.1, 0.15) is 17.5 Å². The average molecular weight is 402 g/mol. The Morgan fingerprint density at radius 3 is 3.07 bits per heavy atom. The highest BCUT2D eigenvalue weighted by Crippen LogP contribution is 2.48. The topological polar surface area (TPSA) is 91.8 Å². The van der Waals surface area contributed by atoms with E-state index in [9.17, 15) is 9.59 Å². The van der Waals surface area contributed by atoms with Crippen molar-refractivity contribution in [2.45, 2.75) is 38.7 Å². The van der Waals surface area contributed by atoms with E-state index in [1.807, 2.05) is 25.1 Å². The maximum absolute atomic E-state index is 12.0. The van der Waals surface area contributed by atoms with Gasteiger partial charge in [0.15, 0.2) is 0 Å². The molecule has 2 aromatic rings. The van der Waals surface area contributed by atoms with Crippen LogP contribution in [0.5, 0.6) is 5.75 Å². The Bertz CT molecular complexity index is 1040. The number of aromatic nitrogens is 2.